The second-order valence-corrected chi connectivity index (χ2v) is 5.57. The molecule has 0 spiro atoms. The van der Waals surface area contributed by atoms with Gasteiger partial charge in [0.25, 0.3) is 5.91 Å². The molecule has 0 unspecified atom stereocenters. The van der Waals surface area contributed by atoms with E-state index >= 15 is 0 Å². The molecule has 120 valence electrons. The fourth-order valence-corrected chi connectivity index (χ4v) is 2.58. The van der Waals surface area contributed by atoms with Gasteiger partial charge in [0, 0.05) is 44.0 Å². The molecule has 1 fully saturated rings. The van der Waals surface area contributed by atoms with Crippen molar-refractivity contribution in [2.24, 2.45) is 0 Å². The fourth-order valence-electron chi connectivity index (χ4n) is 2.45. The second-order valence-electron chi connectivity index (χ2n) is 5.19. The average molecular weight is 325 g/mol. The Balaban J connectivity index is 1.87. The molecule has 5 nitrogen and oxygen atoms in total. The number of ether oxygens (including phenoxy) is 1. The van der Waals surface area contributed by atoms with E-state index in [9.17, 15) is 9.59 Å². The summed E-state index contributed by atoms with van der Waals surface area (Å²) in [5, 5.41) is 0. The lowest BCUT2D eigenvalue weighted by Crippen LogP contribution is -2.50. The van der Waals surface area contributed by atoms with Gasteiger partial charge < -0.3 is 14.5 Å². The number of carbonyl (C=O) groups is 2. The van der Waals surface area contributed by atoms with Gasteiger partial charge in [-0.1, -0.05) is 0 Å². The van der Waals surface area contributed by atoms with Crippen LogP contribution in [0.3, 0.4) is 0 Å². The minimum atomic E-state index is -0.00416. The van der Waals surface area contributed by atoms with Gasteiger partial charge in [-0.05, 0) is 30.7 Å². The lowest BCUT2D eigenvalue weighted by atomic mass is 10.1. The first-order valence-corrected chi connectivity index (χ1v) is 7.96. The van der Waals surface area contributed by atoms with Crippen LogP contribution in [0.25, 0.3) is 0 Å². The average Bonchev–Trinajstić information content (AvgIpc) is 2.59. The fraction of sp³-hybridized carbons (Fsp3) is 0.500. The van der Waals surface area contributed by atoms with Gasteiger partial charge in [0.1, 0.15) is 5.75 Å². The summed E-state index contributed by atoms with van der Waals surface area (Å²) in [6.45, 7) is 2.31. The number of hydrogen-bond donors (Lipinski definition) is 0. The Morgan fingerprint density at radius 3 is 2.23 bits per heavy atom. The molecule has 0 radical (unpaired) electrons. The molecule has 0 aliphatic carbocycles. The van der Waals surface area contributed by atoms with Crippen LogP contribution >= 0.6 is 11.6 Å². The van der Waals surface area contributed by atoms with E-state index in [1.165, 1.54) is 0 Å². The van der Waals surface area contributed by atoms with E-state index in [0.717, 1.165) is 5.75 Å². The van der Waals surface area contributed by atoms with Gasteiger partial charge in [-0.25, -0.2) is 0 Å². The third-order valence-electron chi connectivity index (χ3n) is 3.78. The molecule has 1 aromatic carbocycles. The summed E-state index contributed by atoms with van der Waals surface area (Å²) >= 11 is 5.61. The van der Waals surface area contributed by atoms with Crippen LogP contribution in [0.15, 0.2) is 24.3 Å². The Morgan fingerprint density at radius 1 is 1.09 bits per heavy atom. The Bertz CT molecular complexity index is 511. The second kappa shape index (κ2) is 8.03. The first-order chi connectivity index (χ1) is 10.7. The molecule has 1 aliphatic heterocycles. The van der Waals surface area contributed by atoms with Crippen LogP contribution in [-0.4, -0.2) is 60.8 Å². The monoisotopic (exact) mass is 324 g/mol. The van der Waals surface area contributed by atoms with Gasteiger partial charge >= 0.3 is 0 Å². The minimum Gasteiger partial charge on any atom is -0.497 e. The van der Waals surface area contributed by atoms with Crippen molar-refractivity contribution in [2.75, 3.05) is 39.2 Å². The summed E-state index contributed by atoms with van der Waals surface area (Å²) in [6, 6.07) is 7.08. The number of rotatable bonds is 5. The zero-order valence-corrected chi connectivity index (χ0v) is 13.5. The molecule has 0 bridgehead atoms. The number of nitrogens with zero attached hydrogens (tertiary/aromatic N) is 2. The van der Waals surface area contributed by atoms with Crippen LogP contribution in [0.2, 0.25) is 0 Å². The predicted molar refractivity (Wildman–Crippen MR) is 85.4 cm³/mol. The molecule has 1 aliphatic rings. The number of amides is 2. The molecule has 0 aromatic heterocycles. The largest absolute Gasteiger partial charge is 0.497 e. The summed E-state index contributed by atoms with van der Waals surface area (Å²) < 4.78 is 5.09. The zero-order chi connectivity index (χ0) is 15.9. The first-order valence-electron chi connectivity index (χ1n) is 7.42. The van der Waals surface area contributed by atoms with E-state index in [0.29, 0.717) is 50.5 Å². The van der Waals surface area contributed by atoms with Crippen molar-refractivity contribution in [3.05, 3.63) is 29.8 Å². The van der Waals surface area contributed by atoms with E-state index in [1.807, 2.05) is 4.90 Å². The van der Waals surface area contributed by atoms with Crippen molar-refractivity contribution < 1.29 is 14.3 Å². The van der Waals surface area contributed by atoms with Crippen molar-refractivity contribution in [3.8, 4) is 5.75 Å². The maximum atomic E-state index is 12.4. The van der Waals surface area contributed by atoms with Gasteiger partial charge in [0.05, 0.1) is 7.11 Å². The molecule has 0 N–H and O–H groups in total. The van der Waals surface area contributed by atoms with Crippen LogP contribution in [0.5, 0.6) is 5.75 Å². The van der Waals surface area contributed by atoms with E-state index in [4.69, 9.17) is 16.3 Å². The summed E-state index contributed by atoms with van der Waals surface area (Å²) in [6.07, 6.45) is 1.18. The van der Waals surface area contributed by atoms with Gasteiger partial charge in [0.15, 0.2) is 0 Å². The lowest BCUT2D eigenvalue weighted by Gasteiger charge is -2.35. The van der Waals surface area contributed by atoms with Crippen molar-refractivity contribution in [3.63, 3.8) is 0 Å². The Labute approximate surface area is 135 Å². The third-order valence-corrected chi connectivity index (χ3v) is 4.05. The van der Waals surface area contributed by atoms with Gasteiger partial charge in [-0.2, -0.15) is 0 Å². The standard InChI is InChI=1S/C16H21ClN2O3/c1-22-14-6-4-13(5-7-14)16(21)19-11-9-18(10-12-19)15(20)3-2-8-17/h4-7H,2-3,8-12H2,1H3. The molecule has 2 rings (SSSR count). The number of halogens is 1. The van der Waals surface area contributed by atoms with E-state index in [-0.39, 0.29) is 11.8 Å². The van der Waals surface area contributed by atoms with Gasteiger partial charge in [0.2, 0.25) is 5.91 Å². The van der Waals surface area contributed by atoms with E-state index in [1.54, 1.807) is 36.3 Å². The molecule has 6 heteroatoms. The predicted octanol–water partition coefficient (Wildman–Crippen LogP) is 2.00. The topological polar surface area (TPSA) is 49.9 Å². The van der Waals surface area contributed by atoms with Crippen molar-refractivity contribution in [1.82, 2.24) is 9.80 Å². The van der Waals surface area contributed by atoms with Crippen LogP contribution in [-0.2, 0) is 4.79 Å². The van der Waals surface area contributed by atoms with Crippen LogP contribution in [0, 0.1) is 0 Å². The molecule has 2 amide bonds. The highest BCUT2D eigenvalue weighted by Crippen LogP contribution is 2.14. The minimum absolute atomic E-state index is 0.00416. The molecule has 0 saturated carbocycles. The molecule has 22 heavy (non-hydrogen) atoms. The summed E-state index contributed by atoms with van der Waals surface area (Å²) in [5.74, 6) is 1.35. The SMILES string of the molecule is COc1ccc(C(=O)N2CCN(C(=O)CCCCl)CC2)cc1. The molecule has 1 heterocycles. The molecular weight excluding hydrogens is 304 g/mol. The molecule has 1 saturated heterocycles. The third kappa shape index (κ3) is 4.13. The number of carbonyl (C=O) groups excluding carboxylic acids is 2. The maximum Gasteiger partial charge on any atom is 0.253 e. The number of alkyl halides is 1. The lowest BCUT2D eigenvalue weighted by molar-refractivity contribution is -0.132. The van der Waals surface area contributed by atoms with Gasteiger partial charge in [-0.15, -0.1) is 11.6 Å². The van der Waals surface area contributed by atoms with Crippen molar-refractivity contribution in [2.45, 2.75) is 12.8 Å². The highest BCUT2D eigenvalue weighted by Gasteiger charge is 2.24. The van der Waals surface area contributed by atoms with Crippen LogP contribution < -0.4 is 4.74 Å². The summed E-state index contributed by atoms with van der Waals surface area (Å²) in [4.78, 5) is 27.9. The van der Waals surface area contributed by atoms with Crippen LogP contribution in [0.1, 0.15) is 23.2 Å². The van der Waals surface area contributed by atoms with Crippen LogP contribution in [0.4, 0.5) is 0 Å². The van der Waals surface area contributed by atoms with E-state index < -0.39 is 0 Å². The molecule has 0 atom stereocenters. The quantitative estimate of drug-likeness (QED) is 0.778. The number of piperazine rings is 1. The first kappa shape index (κ1) is 16.6. The highest BCUT2D eigenvalue weighted by atomic mass is 35.5. The Morgan fingerprint density at radius 2 is 1.68 bits per heavy atom. The van der Waals surface area contributed by atoms with Crippen molar-refractivity contribution in [1.29, 1.82) is 0 Å². The van der Waals surface area contributed by atoms with Gasteiger partial charge in [-0.3, -0.25) is 9.59 Å². The Hall–Kier alpha value is -1.75. The molecular formula is C16H21ClN2O3. The maximum absolute atomic E-state index is 12.4. The smallest absolute Gasteiger partial charge is 0.253 e. The number of benzene rings is 1. The summed E-state index contributed by atoms with van der Waals surface area (Å²) in [7, 11) is 1.59. The van der Waals surface area contributed by atoms with Crippen molar-refractivity contribution >= 4 is 23.4 Å². The zero-order valence-electron chi connectivity index (χ0n) is 12.8. The number of hydrogen-bond acceptors (Lipinski definition) is 3. The molecule has 1 aromatic rings. The Kier molecular flexibility index (Phi) is 6.07. The summed E-state index contributed by atoms with van der Waals surface area (Å²) in [5.41, 5.74) is 0.641. The van der Waals surface area contributed by atoms with E-state index in [2.05, 4.69) is 0 Å². The normalized spacial score (nSPS) is 14.8. The number of methoxy groups -OCH3 is 1. The highest BCUT2D eigenvalue weighted by molar-refractivity contribution is 6.17.